The first kappa shape index (κ1) is 15.5. The minimum absolute atomic E-state index is 0.0273. The molecule has 1 aromatic rings. The van der Waals surface area contributed by atoms with Crippen LogP contribution in [-0.2, 0) is 9.84 Å². The summed E-state index contributed by atoms with van der Waals surface area (Å²) >= 11 is 0. The van der Waals surface area contributed by atoms with Crippen LogP contribution in [0, 0.1) is 17.7 Å². The van der Waals surface area contributed by atoms with E-state index in [-0.39, 0.29) is 24.7 Å². The SMILES string of the molecule is CS(=O)(=O)CCCOc1cc(F)cc(C#CCO)c1. The fraction of sp³-hybridized carbons (Fsp3) is 0.385. The predicted octanol–water partition coefficient (Wildman–Crippen LogP) is 0.983. The number of ether oxygens (including phenoxy) is 1. The Morgan fingerprint density at radius 1 is 1.37 bits per heavy atom. The average molecular weight is 286 g/mol. The lowest BCUT2D eigenvalue weighted by Gasteiger charge is -2.06. The van der Waals surface area contributed by atoms with Crippen molar-refractivity contribution in [3.05, 3.63) is 29.6 Å². The summed E-state index contributed by atoms with van der Waals surface area (Å²) in [6.07, 6.45) is 1.49. The van der Waals surface area contributed by atoms with Crippen molar-refractivity contribution in [3.63, 3.8) is 0 Å². The number of halogens is 1. The van der Waals surface area contributed by atoms with Gasteiger partial charge in [-0.2, -0.15) is 0 Å². The minimum atomic E-state index is -3.01. The standard InChI is InChI=1S/C13H15FO4S/c1-19(16,17)7-3-6-18-13-9-11(4-2-5-15)8-12(14)10-13/h8-10,15H,3,5-7H2,1H3. The van der Waals surface area contributed by atoms with Gasteiger partial charge in [0.25, 0.3) is 0 Å². The zero-order valence-corrected chi connectivity index (χ0v) is 11.3. The van der Waals surface area contributed by atoms with Crippen LogP contribution in [0.25, 0.3) is 0 Å². The monoisotopic (exact) mass is 286 g/mol. The van der Waals surface area contributed by atoms with Crippen molar-refractivity contribution in [2.75, 3.05) is 25.2 Å². The molecule has 19 heavy (non-hydrogen) atoms. The third-order valence-corrected chi connectivity index (χ3v) is 3.14. The van der Waals surface area contributed by atoms with Gasteiger partial charge in [0.2, 0.25) is 0 Å². The van der Waals surface area contributed by atoms with Gasteiger partial charge in [-0.3, -0.25) is 0 Å². The van der Waals surface area contributed by atoms with Gasteiger partial charge in [0, 0.05) is 17.9 Å². The maximum atomic E-state index is 13.2. The summed E-state index contributed by atoms with van der Waals surface area (Å²) in [4.78, 5) is 0. The summed E-state index contributed by atoms with van der Waals surface area (Å²) in [5.41, 5.74) is 0.396. The molecule has 0 fully saturated rings. The number of sulfone groups is 1. The van der Waals surface area contributed by atoms with Crippen LogP contribution in [0.15, 0.2) is 18.2 Å². The van der Waals surface area contributed by atoms with Crippen molar-refractivity contribution in [2.24, 2.45) is 0 Å². The molecule has 104 valence electrons. The molecule has 1 N–H and O–H groups in total. The van der Waals surface area contributed by atoms with E-state index >= 15 is 0 Å². The van der Waals surface area contributed by atoms with Crippen LogP contribution in [0.3, 0.4) is 0 Å². The first-order valence-electron chi connectivity index (χ1n) is 5.61. The van der Waals surface area contributed by atoms with Crippen molar-refractivity contribution < 1.29 is 22.7 Å². The number of aliphatic hydroxyl groups is 1. The normalized spacial score (nSPS) is 10.7. The van der Waals surface area contributed by atoms with Crippen LogP contribution in [0.2, 0.25) is 0 Å². The topological polar surface area (TPSA) is 63.6 Å². The van der Waals surface area contributed by atoms with E-state index in [1.807, 2.05) is 0 Å². The smallest absolute Gasteiger partial charge is 0.147 e. The lowest BCUT2D eigenvalue weighted by Crippen LogP contribution is -2.08. The van der Waals surface area contributed by atoms with Gasteiger partial charge in [0.15, 0.2) is 0 Å². The average Bonchev–Trinajstić information content (AvgIpc) is 2.30. The molecule has 0 aliphatic carbocycles. The first-order chi connectivity index (χ1) is 8.90. The molecule has 0 radical (unpaired) electrons. The Bertz CT molecular complexity index is 584. The number of hydrogen-bond acceptors (Lipinski definition) is 4. The van der Waals surface area contributed by atoms with Gasteiger partial charge >= 0.3 is 0 Å². The summed E-state index contributed by atoms with van der Waals surface area (Å²) in [6, 6.07) is 3.96. The van der Waals surface area contributed by atoms with E-state index in [2.05, 4.69) is 11.8 Å². The lowest BCUT2D eigenvalue weighted by molar-refractivity contribution is 0.316. The quantitative estimate of drug-likeness (QED) is 0.647. The number of benzene rings is 1. The van der Waals surface area contributed by atoms with Gasteiger partial charge in [-0.15, -0.1) is 0 Å². The zero-order chi connectivity index (χ0) is 14.3. The second-order valence-electron chi connectivity index (χ2n) is 3.97. The van der Waals surface area contributed by atoms with Crippen LogP contribution in [0.1, 0.15) is 12.0 Å². The Balaban J connectivity index is 2.61. The molecule has 0 saturated carbocycles. The molecular formula is C13H15FO4S. The molecule has 1 aromatic carbocycles. The maximum Gasteiger partial charge on any atom is 0.147 e. The molecule has 0 unspecified atom stereocenters. The predicted molar refractivity (Wildman–Crippen MR) is 70.2 cm³/mol. The Hall–Kier alpha value is -1.58. The zero-order valence-electron chi connectivity index (χ0n) is 10.5. The van der Waals surface area contributed by atoms with Crippen molar-refractivity contribution in [1.29, 1.82) is 0 Å². The summed E-state index contributed by atoms with van der Waals surface area (Å²) in [7, 11) is -3.01. The number of rotatable bonds is 5. The molecule has 0 aliphatic heterocycles. The molecule has 0 bridgehead atoms. The third kappa shape index (κ3) is 6.79. The Labute approximate surface area is 112 Å². The molecule has 0 spiro atoms. The summed E-state index contributed by atoms with van der Waals surface area (Å²) in [5, 5.41) is 8.56. The second-order valence-corrected chi connectivity index (χ2v) is 6.23. The van der Waals surface area contributed by atoms with Gasteiger partial charge in [-0.05, 0) is 18.6 Å². The van der Waals surface area contributed by atoms with E-state index in [1.54, 1.807) is 0 Å². The highest BCUT2D eigenvalue weighted by molar-refractivity contribution is 7.90. The molecule has 4 nitrogen and oxygen atoms in total. The van der Waals surface area contributed by atoms with Crippen LogP contribution >= 0.6 is 0 Å². The summed E-state index contributed by atoms with van der Waals surface area (Å²) < 4.78 is 40.3. The van der Waals surface area contributed by atoms with Gasteiger partial charge in [0.05, 0.1) is 12.4 Å². The van der Waals surface area contributed by atoms with Gasteiger partial charge in [-0.1, -0.05) is 11.8 Å². The first-order valence-corrected chi connectivity index (χ1v) is 7.67. The van der Waals surface area contributed by atoms with Crippen molar-refractivity contribution in [1.82, 2.24) is 0 Å². The molecule has 0 atom stereocenters. The molecule has 0 aliphatic rings. The molecular weight excluding hydrogens is 271 g/mol. The van der Waals surface area contributed by atoms with Crippen LogP contribution in [-0.4, -0.2) is 38.7 Å². The third-order valence-electron chi connectivity index (χ3n) is 2.11. The molecule has 0 amide bonds. The second kappa shape index (κ2) is 7.12. The molecule has 1 rings (SSSR count). The maximum absolute atomic E-state index is 13.2. The van der Waals surface area contributed by atoms with Gasteiger partial charge in [0.1, 0.15) is 28.0 Å². The van der Waals surface area contributed by atoms with Crippen LogP contribution in [0.4, 0.5) is 4.39 Å². The fourth-order valence-electron chi connectivity index (χ4n) is 1.37. The van der Waals surface area contributed by atoms with E-state index in [1.165, 1.54) is 18.2 Å². The molecule has 6 heteroatoms. The Morgan fingerprint density at radius 3 is 2.74 bits per heavy atom. The van der Waals surface area contributed by atoms with Crippen molar-refractivity contribution in [2.45, 2.75) is 6.42 Å². The van der Waals surface area contributed by atoms with E-state index in [0.717, 1.165) is 6.26 Å². The minimum Gasteiger partial charge on any atom is -0.493 e. The Morgan fingerprint density at radius 2 is 2.11 bits per heavy atom. The van der Waals surface area contributed by atoms with E-state index in [0.29, 0.717) is 12.0 Å². The number of aliphatic hydroxyl groups excluding tert-OH is 1. The van der Waals surface area contributed by atoms with E-state index in [4.69, 9.17) is 9.84 Å². The van der Waals surface area contributed by atoms with Gasteiger partial charge in [-0.25, -0.2) is 12.8 Å². The van der Waals surface area contributed by atoms with Crippen LogP contribution < -0.4 is 4.74 Å². The molecule has 0 aromatic heterocycles. The lowest BCUT2D eigenvalue weighted by atomic mass is 10.2. The van der Waals surface area contributed by atoms with Crippen LogP contribution in [0.5, 0.6) is 5.75 Å². The van der Waals surface area contributed by atoms with Gasteiger partial charge < -0.3 is 9.84 Å². The van der Waals surface area contributed by atoms with Crippen molar-refractivity contribution in [3.8, 4) is 17.6 Å². The Kier molecular flexibility index (Phi) is 5.80. The number of hydrogen-bond donors (Lipinski definition) is 1. The van der Waals surface area contributed by atoms with E-state index in [9.17, 15) is 12.8 Å². The fourth-order valence-corrected chi connectivity index (χ4v) is 2.01. The van der Waals surface area contributed by atoms with E-state index < -0.39 is 15.7 Å². The largest absolute Gasteiger partial charge is 0.493 e. The highest BCUT2D eigenvalue weighted by Gasteiger charge is 2.03. The summed E-state index contributed by atoms with van der Waals surface area (Å²) in [5.74, 6) is 4.80. The molecule has 0 heterocycles. The highest BCUT2D eigenvalue weighted by atomic mass is 32.2. The highest BCUT2D eigenvalue weighted by Crippen LogP contribution is 2.16. The molecule has 0 saturated heterocycles. The van der Waals surface area contributed by atoms with Crippen molar-refractivity contribution >= 4 is 9.84 Å². The summed E-state index contributed by atoms with van der Waals surface area (Å²) in [6.45, 7) is -0.121.